The second kappa shape index (κ2) is 6.50. The molecule has 6 heteroatoms. The fourth-order valence-electron chi connectivity index (χ4n) is 1.57. The molecule has 0 saturated heterocycles. The number of halogens is 2. The zero-order chi connectivity index (χ0) is 14.5. The van der Waals surface area contributed by atoms with E-state index in [1.54, 1.807) is 42.5 Å². The lowest BCUT2D eigenvalue weighted by Crippen LogP contribution is -2.13. The van der Waals surface area contributed by atoms with Gasteiger partial charge in [-0.25, -0.2) is 0 Å². The standard InChI is InChI=1S/C14H12Cl2N2O2/c15-11-3-5-12(6-4-11)20-8-10-2-1-9(7-13(10)16)14(17)18-19/h1-7,19H,8H2,(H2,17,18). The highest BCUT2D eigenvalue weighted by atomic mass is 35.5. The highest BCUT2D eigenvalue weighted by molar-refractivity contribution is 6.31. The van der Waals surface area contributed by atoms with E-state index in [1.807, 2.05) is 0 Å². The van der Waals surface area contributed by atoms with E-state index >= 15 is 0 Å². The topological polar surface area (TPSA) is 67.8 Å². The summed E-state index contributed by atoms with van der Waals surface area (Å²) in [5.74, 6) is 0.711. The van der Waals surface area contributed by atoms with Gasteiger partial charge >= 0.3 is 0 Å². The van der Waals surface area contributed by atoms with Crippen LogP contribution in [0.2, 0.25) is 10.0 Å². The lowest BCUT2D eigenvalue weighted by molar-refractivity contribution is 0.306. The molecule has 0 aliphatic heterocycles. The highest BCUT2D eigenvalue weighted by Gasteiger charge is 2.06. The van der Waals surface area contributed by atoms with Gasteiger partial charge in [0.05, 0.1) is 0 Å². The van der Waals surface area contributed by atoms with Crippen molar-refractivity contribution in [2.45, 2.75) is 6.61 Å². The molecule has 0 bridgehead atoms. The lowest BCUT2D eigenvalue weighted by Gasteiger charge is -2.09. The maximum atomic E-state index is 8.61. The van der Waals surface area contributed by atoms with Crippen LogP contribution in [0.15, 0.2) is 47.6 Å². The number of nitrogens with two attached hydrogens (primary N) is 1. The van der Waals surface area contributed by atoms with E-state index in [0.29, 0.717) is 28.0 Å². The molecule has 0 aliphatic carbocycles. The summed E-state index contributed by atoms with van der Waals surface area (Å²) in [6.07, 6.45) is 0. The van der Waals surface area contributed by atoms with Crippen LogP contribution in [0.5, 0.6) is 5.75 Å². The largest absolute Gasteiger partial charge is 0.489 e. The molecule has 104 valence electrons. The molecule has 0 unspecified atom stereocenters. The molecule has 0 spiro atoms. The predicted molar refractivity (Wildman–Crippen MR) is 79.7 cm³/mol. The van der Waals surface area contributed by atoms with Crippen molar-refractivity contribution in [3.63, 3.8) is 0 Å². The van der Waals surface area contributed by atoms with E-state index in [-0.39, 0.29) is 5.84 Å². The van der Waals surface area contributed by atoms with Gasteiger partial charge in [0.2, 0.25) is 0 Å². The molecular weight excluding hydrogens is 299 g/mol. The molecule has 2 aromatic carbocycles. The average Bonchev–Trinajstić information content (AvgIpc) is 2.46. The van der Waals surface area contributed by atoms with Gasteiger partial charge in [-0.2, -0.15) is 0 Å². The molecule has 0 radical (unpaired) electrons. The minimum atomic E-state index is 0.0112. The molecular formula is C14H12Cl2N2O2. The molecule has 2 aromatic rings. The van der Waals surface area contributed by atoms with Crippen LogP contribution in [-0.2, 0) is 6.61 Å². The Balaban J connectivity index is 2.08. The zero-order valence-electron chi connectivity index (χ0n) is 10.4. The van der Waals surface area contributed by atoms with Crippen molar-refractivity contribution in [2.24, 2.45) is 10.9 Å². The minimum absolute atomic E-state index is 0.0112. The van der Waals surface area contributed by atoms with Gasteiger partial charge in [0, 0.05) is 21.2 Å². The Labute approximate surface area is 126 Å². The van der Waals surface area contributed by atoms with Crippen LogP contribution in [0, 0.1) is 0 Å². The molecule has 2 rings (SSSR count). The van der Waals surface area contributed by atoms with Crippen LogP contribution in [0.3, 0.4) is 0 Å². The molecule has 0 aliphatic rings. The second-order valence-corrected chi connectivity index (χ2v) is 4.88. The first-order valence-corrected chi connectivity index (χ1v) is 6.50. The predicted octanol–water partition coefficient (Wildman–Crippen LogP) is 3.67. The van der Waals surface area contributed by atoms with E-state index in [4.69, 9.17) is 38.9 Å². The fraction of sp³-hybridized carbons (Fsp3) is 0.0714. The Morgan fingerprint density at radius 1 is 1.15 bits per heavy atom. The van der Waals surface area contributed by atoms with Crippen molar-refractivity contribution in [3.05, 3.63) is 63.6 Å². The Morgan fingerprint density at radius 3 is 2.45 bits per heavy atom. The number of hydrogen-bond donors (Lipinski definition) is 2. The number of ether oxygens (including phenoxy) is 1. The third kappa shape index (κ3) is 3.56. The van der Waals surface area contributed by atoms with Gasteiger partial charge in [-0.05, 0) is 30.3 Å². The van der Waals surface area contributed by atoms with Crippen molar-refractivity contribution in [1.82, 2.24) is 0 Å². The maximum Gasteiger partial charge on any atom is 0.170 e. The first-order valence-electron chi connectivity index (χ1n) is 5.75. The van der Waals surface area contributed by atoms with Gasteiger partial charge < -0.3 is 15.7 Å². The fourth-order valence-corrected chi connectivity index (χ4v) is 1.93. The van der Waals surface area contributed by atoms with Gasteiger partial charge in [-0.3, -0.25) is 0 Å². The molecule has 20 heavy (non-hydrogen) atoms. The summed E-state index contributed by atoms with van der Waals surface area (Å²) >= 11 is 11.9. The monoisotopic (exact) mass is 310 g/mol. The van der Waals surface area contributed by atoms with Crippen LogP contribution in [0.1, 0.15) is 11.1 Å². The summed E-state index contributed by atoms with van der Waals surface area (Å²) in [6.45, 7) is 0.316. The number of nitrogens with zero attached hydrogens (tertiary/aromatic N) is 1. The summed E-state index contributed by atoms with van der Waals surface area (Å²) in [7, 11) is 0. The van der Waals surface area contributed by atoms with Gasteiger partial charge in [-0.1, -0.05) is 40.5 Å². The average molecular weight is 311 g/mol. The van der Waals surface area contributed by atoms with E-state index in [1.165, 1.54) is 0 Å². The number of amidine groups is 1. The summed E-state index contributed by atoms with van der Waals surface area (Å²) < 4.78 is 5.60. The van der Waals surface area contributed by atoms with Gasteiger partial charge in [0.15, 0.2) is 5.84 Å². The van der Waals surface area contributed by atoms with E-state index in [9.17, 15) is 0 Å². The SMILES string of the molecule is N/C(=N/O)c1ccc(COc2ccc(Cl)cc2)c(Cl)c1. The third-order valence-electron chi connectivity index (χ3n) is 2.66. The molecule has 0 aromatic heterocycles. The Kier molecular flexibility index (Phi) is 4.71. The normalized spacial score (nSPS) is 11.4. The summed E-state index contributed by atoms with van der Waals surface area (Å²) in [4.78, 5) is 0. The summed E-state index contributed by atoms with van der Waals surface area (Å²) in [6, 6.07) is 12.2. The highest BCUT2D eigenvalue weighted by Crippen LogP contribution is 2.21. The molecule has 0 heterocycles. The first kappa shape index (κ1) is 14.5. The van der Waals surface area contributed by atoms with Crippen LogP contribution >= 0.6 is 23.2 Å². The zero-order valence-corrected chi connectivity index (χ0v) is 11.9. The van der Waals surface area contributed by atoms with Crippen molar-refractivity contribution >= 4 is 29.0 Å². The number of hydrogen-bond acceptors (Lipinski definition) is 3. The third-order valence-corrected chi connectivity index (χ3v) is 3.27. The first-order chi connectivity index (χ1) is 9.60. The molecule has 4 nitrogen and oxygen atoms in total. The summed E-state index contributed by atoms with van der Waals surface area (Å²) in [5, 5.41) is 12.7. The number of oxime groups is 1. The molecule has 0 amide bonds. The van der Waals surface area contributed by atoms with E-state index in [2.05, 4.69) is 5.16 Å². The van der Waals surface area contributed by atoms with Crippen molar-refractivity contribution in [2.75, 3.05) is 0 Å². The molecule has 3 N–H and O–H groups in total. The minimum Gasteiger partial charge on any atom is -0.489 e. The molecule has 0 fully saturated rings. The molecule has 0 atom stereocenters. The second-order valence-electron chi connectivity index (χ2n) is 4.03. The maximum absolute atomic E-state index is 8.61. The van der Waals surface area contributed by atoms with Gasteiger partial charge in [0.1, 0.15) is 12.4 Å². The smallest absolute Gasteiger partial charge is 0.170 e. The van der Waals surface area contributed by atoms with Crippen LogP contribution in [0.25, 0.3) is 0 Å². The van der Waals surface area contributed by atoms with E-state index < -0.39 is 0 Å². The van der Waals surface area contributed by atoms with Crippen molar-refractivity contribution in [3.8, 4) is 5.75 Å². The van der Waals surface area contributed by atoms with Gasteiger partial charge in [0.25, 0.3) is 0 Å². The number of benzene rings is 2. The lowest BCUT2D eigenvalue weighted by atomic mass is 10.1. The summed E-state index contributed by atoms with van der Waals surface area (Å²) in [5.41, 5.74) is 6.84. The Bertz CT molecular complexity index is 628. The van der Waals surface area contributed by atoms with Crippen LogP contribution in [0.4, 0.5) is 0 Å². The Morgan fingerprint density at radius 2 is 1.85 bits per heavy atom. The quantitative estimate of drug-likeness (QED) is 0.392. The van der Waals surface area contributed by atoms with Crippen LogP contribution in [-0.4, -0.2) is 11.0 Å². The molecule has 0 saturated carbocycles. The Hall–Kier alpha value is -1.91. The number of rotatable bonds is 4. The van der Waals surface area contributed by atoms with Crippen molar-refractivity contribution in [1.29, 1.82) is 0 Å². The van der Waals surface area contributed by atoms with Crippen molar-refractivity contribution < 1.29 is 9.94 Å². The van der Waals surface area contributed by atoms with Crippen LogP contribution < -0.4 is 10.5 Å². The van der Waals surface area contributed by atoms with Gasteiger partial charge in [-0.15, -0.1) is 0 Å². The van der Waals surface area contributed by atoms with E-state index in [0.717, 1.165) is 5.56 Å².